The van der Waals surface area contributed by atoms with Gasteiger partial charge in [-0.1, -0.05) is 18.2 Å². The van der Waals surface area contributed by atoms with Crippen LogP contribution >= 0.6 is 0 Å². The van der Waals surface area contributed by atoms with E-state index in [1.165, 1.54) is 12.8 Å². The molecule has 5 nitrogen and oxygen atoms in total. The molecule has 1 aliphatic heterocycles. The highest BCUT2D eigenvalue weighted by Crippen LogP contribution is 2.31. The number of pyridine rings is 1. The first-order chi connectivity index (χ1) is 11.8. The van der Waals surface area contributed by atoms with Crippen LogP contribution in [-0.4, -0.2) is 42.5 Å². The molecular weight excluding hydrogens is 302 g/mol. The van der Waals surface area contributed by atoms with E-state index >= 15 is 0 Å². The van der Waals surface area contributed by atoms with E-state index in [9.17, 15) is 4.79 Å². The highest BCUT2D eigenvalue weighted by molar-refractivity contribution is 5.93. The number of methoxy groups -OCH3 is 1. The van der Waals surface area contributed by atoms with Crippen molar-refractivity contribution in [3.8, 4) is 5.75 Å². The number of carbonyl (C=O) groups is 1. The molecule has 0 saturated carbocycles. The van der Waals surface area contributed by atoms with E-state index in [1.54, 1.807) is 31.6 Å². The molecular formula is C19H23N3O2. The van der Waals surface area contributed by atoms with Crippen LogP contribution in [0.1, 0.15) is 34.8 Å². The monoisotopic (exact) mass is 325 g/mol. The SMILES string of the molecule is COc1ccccc1[C@@H](CNC(=O)c1cccnc1)N1CCCC1. The normalized spacial score (nSPS) is 15.9. The summed E-state index contributed by atoms with van der Waals surface area (Å²) in [6, 6.07) is 11.7. The zero-order valence-corrected chi connectivity index (χ0v) is 13.9. The van der Waals surface area contributed by atoms with E-state index in [1.807, 2.05) is 18.2 Å². The second-order valence-corrected chi connectivity index (χ2v) is 5.95. The number of aromatic nitrogens is 1. The Morgan fingerprint density at radius 2 is 2.04 bits per heavy atom. The zero-order valence-electron chi connectivity index (χ0n) is 13.9. The molecule has 1 aromatic carbocycles. The van der Waals surface area contributed by atoms with Gasteiger partial charge in [-0.25, -0.2) is 0 Å². The summed E-state index contributed by atoms with van der Waals surface area (Å²) in [5.74, 6) is 0.771. The Morgan fingerprint density at radius 3 is 2.75 bits per heavy atom. The van der Waals surface area contributed by atoms with Crippen molar-refractivity contribution in [3.05, 3.63) is 59.9 Å². The first-order valence-electron chi connectivity index (χ1n) is 8.35. The molecule has 2 aromatic rings. The molecule has 1 amide bonds. The van der Waals surface area contributed by atoms with Gasteiger partial charge in [-0.3, -0.25) is 14.7 Å². The molecule has 0 spiro atoms. The van der Waals surface area contributed by atoms with Crippen molar-refractivity contribution in [3.63, 3.8) is 0 Å². The number of likely N-dealkylation sites (tertiary alicyclic amines) is 1. The quantitative estimate of drug-likeness (QED) is 0.887. The van der Waals surface area contributed by atoms with E-state index in [0.717, 1.165) is 24.4 Å². The van der Waals surface area contributed by atoms with Gasteiger partial charge < -0.3 is 10.1 Å². The second kappa shape index (κ2) is 7.93. The molecule has 1 aromatic heterocycles. The van der Waals surface area contributed by atoms with Crippen LogP contribution in [0.25, 0.3) is 0 Å². The van der Waals surface area contributed by atoms with Gasteiger partial charge in [0.05, 0.1) is 18.7 Å². The summed E-state index contributed by atoms with van der Waals surface area (Å²) in [5.41, 5.74) is 1.70. The molecule has 2 heterocycles. The van der Waals surface area contributed by atoms with E-state index in [-0.39, 0.29) is 11.9 Å². The van der Waals surface area contributed by atoms with Gasteiger partial charge in [0.15, 0.2) is 0 Å². The Balaban J connectivity index is 1.77. The molecule has 1 atom stereocenters. The topological polar surface area (TPSA) is 54.5 Å². The first kappa shape index (κ1) is 16.5. The van der Waals surface area contributed by atoms with Gasteiger partial charge in [-0.05, 0) is 44.1 Å². The molecule has 1 N–H and O–H groups in total. The fraction of sp³-hybridized carbons (Fsp3) is 0.368. The highest BCUT2D eigenvalue weighted by Gasteiger charge is 2.26. The van der Waals surface area contributed by atoms with Gasteiger partial charge in [0.1, 0.15) is 5.75 Å². The third kappa shape index (κ3) is 3.74. The molecule has 1 saturated heterocycles. The fourth-order valence-corrected chi connectivity index (χ4v) is 3.22. The van der Waals surface area contributed by atoms with Crippen LogP contribution in [0.5, 0.6) is 5.75 Å². The molecule has 0 unspecified atom stereocenters. The standard InChI is InChI=1S/C19H23N3O2/c1-24-18-9-3-2-8-16(18)17(22-11-4-5-12-22)14-21-19(23)15-7-6-10-20-13-15/h2-3,6-10,13,17H,4-5,11-12,14H2,1H3,(H,21,23)/t17-/m1/s1. The second-order valence-electron chi connectivity index (χ2n) is 5.95. The third-order valence-electron chi connectivity index (χ3n) is 4.46. The Labute approximate surface area is 142 Å². The number of hydrogen-bond acceptors (Lipinski definition) is 4. The van der Waals surface area contributed by atoms with Crippen molar-refractivity contribution in [2.75, 3.05) is 26.7 Å². The van der Waals surface area contributed by atoms with Crippen LogP contribution in [-0.2, 0) is 0 Å². The van der Waals surface area contributed by atoms with Crippen molar-refractivity contribution in [2.24, 2.45) is 0 Å². The van der Waals surface area contributed by atoms with Crippen LogP contribution in [0.2, 0.25) is 0 Å². The number of benzene rings is 1. The predicted octanol–water partition coefficient (Wildman–Crippen LogP) is 2.66. The molecule has 126 valence electrons. The number of rotatable bonds is 6. The first-order valence-corrected chi connectivity index (χ1v) is 8.35. The lowest BCUT2D eigenvalue weighted by atomic mass is 10.0. The lowest BCUT2D eigenvalue weighted by Gasteiger charge is -2.29. The highest BCUT2D eigenvalue weighted by atomic mass is 16.5. The van der Waals surface area contributed by atoms with E-state index in [4.69, 9.17) is 4.74 Å². The van der Waals surface area contributed by atoms with Crippen molar-refractivity contribution in [1.29, 1.82) is 0 Å². The molecule has 24 heavy (non-hydrogen) atoms. The van der Waals surface area contributed by atoms with Gasteiger partial charge in [0.2, 0.25) is 0 Å². The molecule has 5 heteroatoms. The Bertz CT molecular complexity index is 669. The van der Waals surface area contributed by atoms with Crippen LogP contribution in [0.3, 0.4) is 0 Å². The van der Waals surface area contributed by atoms with Gasteiger partial charge in [-0.15, -0.1) is 0 Å². The fourth-order valence-electron chi connectivity index (χ4n) is 3.22. The van der Waals surface area contributed by atoms with E-state index in [0.29, 0.717) is 12.1 Å². The van der Waals surface area contributed by atoms with Crippen molar-refractivity contribution >= 4 is 5.91 Å². The summed E-state index contributed by atoms with van der Waals surface area (Å²) >= 11 is 0. The molecule has 1 aliphatic rings. The van der Waals surface area contributed by atoms with Gasteiger partial charge in [0.25, 0.3) is 5.91 Å². The largest absolute Gasteiger partial charge is 0.496 e. The van der Waals surface area contributed by atoms with Crippen LogP contribution in [0.4, 0.5) is 0 Å². The number of hydrogen-bond donors (Lipinski definition) is 1. The number of carbonyl (C=O) groups excluding carboxylic acids is 1. The molecule has 3 rings (SSSR count). The van der Waals surface area contributed by atoms with Crippen molar-refractivity contribution in [1.82, 2.24) is 15.2 Å². The van der Waals surface area contributed by atoms with E-state index in [2.05, 4.69) is 21.3 Å². The predicted molar refractivity (Wildman–Crippen MR) is 93.1 cm³/mol. The minimum absolute atomic E-state index is 0.0952. The summed E-state index contributed by atoms with van der Waals surface area (Å²) in [6.45, 7) is 2.64. The smallest absolute Gasteiger partial charge is 0.252 e. The molecule has 0 aliphatic carbocycles. The third-order valence-corrected chi connectivity index (χ3v) is 4.46. The van der Waals surface area contributed by atoms with Gasteiger partial charge in [-0.2, -0.15) is 0 Å². The summed E-state index contributed by atoms with van der Waals surface area (Å²) in [4.78, 5) is 18.8. The lowest BCUT2D eigenvalue weighted by molar-refractivity contribution is 0.0937. The minimum Gasteiger partial charge on any atom is -0.496 e. The number of nitrogens with one attached hydrogen (secondary N) is 1. The summed E-state index contributed by atoms with van der Waals surface area (Å²) in [7, 11) is 1.69. The zero-order chi connectivity index (χ0) is 16.8. The van der Waals surface area contributed by atoms with Crippen molar-refractivity contribution in [2.45, 2.75) is 18.9 Å². The minimum atomic E-state index is -0.0952. The average Bonchev–Trinajstić information content (AvgIpc) is 3.17. The van der Waals surface area contributed by atoms with Gasteiger partial charge >= 0.3 is 0 Å². The molecule has 0 radical (unpaired) electrons. The summed E-state index contributed by atoms with van der Waals surface area (Å²) in [5, 5.41) is 3.05. The number of nitrogens with zero attached hydrogens (tertiary/aromatic N) is 2. The molecule has 0 bridgehead atoms. The summed E-state index contributed by atoms with van der Waals surface area (Å²) in [6.07, 6.45) is 5.65. The van der Waals surface area contributed by atoms with Gasteiger partial charge in [0, 0.05) is 24.5 Å². The van der Waals surface area contributed by atoms with Crippen LogP contribution in [0.15, 0.2) is 48.8 Å². The number of para-hydroxylation sites is 1. The maximum atomic E-state index is 12.3. The number of ether oxygens (including phenoxy) is 1. The average molecular weight is 325 g/mol. The summed E-state index contributed by atoms with van der Waals surface area (Å²) < 4.78 is 5.53. The van der Waals surface area contributed by atoms with E-state index < -0.39 is 0 Å². The lowest BCUT2D eigenvalue weighted by Crippen LogP contribution is -2.37. The number of amides is 1. The Hall–Kier alpha value is -2.40. The van der Waals surface area contributed by atoms with Crippen LogP contribution < -0.4 is 10.1 Å². The van der Waals surface area contributed by atoms with Crippen LogP contribution in [0, 0.1) is 0 Å². The Morgan fingerprint density at radius 1 is 1.25 bits per heavy atom. The maximum Gasteiger partial charge on any atom is 0.252 e. The molecule has 1 fully saturated rings. The maximum absolute atomic E-state index is 12.3. The Kier molecular flexibility index (Phi) is 5.43. The van der Waals surface area contributed by atoms with Crippen molar-refractivity contribution < 1.29 is 9.53 Å².